The van der Waals surface area contributed by atoms with E-state index >= 15 is 0 Å². The zero-order valence-electron chi connectivity index (χ0n) is 10.8. The van der Waals surface area contributed by atoms with Gasteiger partial charge in [-0.15, -0.1) is 0 Å². The molecule has 0 saturated heterocycles. The summed E-state index contributed by atoms with van der Waals surface area (Å²) < 4.78 is 19.1. The van der Waals surface area contributed by atoms with Crippen molar-refractivity contribution in [2.75, 3.05) is 0 Å². The van der Waals surface area contributed by atoms with Gasteiger partial charge in [-0.05, 0) is 49.7 Å². The average Bonchev–Trinajstić information content (AvgIpc) is 2.31. The second kappa shape index (κ2) is 5.81. The van der Waals surface area contributed by atoms with Gasteiger partial charge in [0.1, 0.15) is 17.3 Å². The summed E-state index contributed by atoms with van der Waals surface area (Å²) in [7, 11) is 0. The molecule has 104 valence electrons. The Kier molecular flexibility index (Phi) is 4.31. The van der Waals surface area contributed by atoms with E-state index in [-0.39, 0.29) is 17.1 Å². The molecule has 0 aliphatic rings. The molecule has 0 atom stereocenters. The third kappa shape index (κ3) is 3.30. The molecular formula is C15H11Cl2FO2. The van der Waals surface area contributed by atoms with Crippen molar-refractivity contribution >= 4 is 29.0 Å². The van der Waals surface area contributed by atoms with Crippen molar-refractivity contribution in [1.29, 1.82) is 0 Å². The fourth-order valence-electron chi connectivity index (χ4n) is 1.73. The maximum absolute atomic E-state index is 13.5. The van der Waals surface area contributed by atoms with Crippen LogP contribution in [-0.4, -0.2) is 5.78 Å². The Morgan fingerprint density at radius 2 is 1.70 bits per heavy atom. The fraction of sp³-hybridized carbons (Fsp3) is 0.133. The van der Waals surface area contributed by atoms with Crippen molar-refractivity contribution < 1.29 is 13.9 Å². The lowest BCUT2D eigenvalue weighted by Crippen LogP contribution is -2.00. The molecule has 0 N–H and O–H groups in total. The van der Waals surface area contributed by atoms with E-state index in [0.29, 0.717) is 21.4 Å². The molecule has 2 rings (SSSR count). The van der Waals surface area contributed by atoms with Crippen molar-refractivity contribution in [3.05, 3.63) is 57.3 Å². The third-order valence-corrected chi connectivity index (χ3v) is 3.14. The maximum Gasteiger partial charge on any atom is 0.163 e. The van der Waals surface area contributed by atoms with Crippen LogP contribution in [0, 0.1) is 12.7 Å². The first-order chi connectivity index (χ1) is 9.36. The van der Waals surface area contributed by atoms with Crippen LogP contribution in [0.4, 0.5) is 4.39 Å². The van der Waals surface area contributed by atoms with Crippen LogP contribution in [0.1, 0.15) is 22.8 Å². The van der Waals surface area contributed by atoms with Crippen molar-refractivity contribution in [3.8, 4) is 11.5 Å². The molecule has 0 aromatic heterocycles. The molecule has 0 aliphatic carbocycles. The third-order valence-electron chi connectivity index (χ3n) is 2.70. The van der Waals surface area contributed by atoms with Gasteiger partial charge in [0.05, 0.1) is 5.56 Å². The first kappa shape index (κ1) is 14.8. The number of ether oxygens (including phenoxy) is 1. The second-order valence-electron chi connectivity index (χ2n) is 4.36. The van der Waals surface area contributed by atoms with E-state index in [1.165, 1.54) is 19.1 Å². The molecule has 2 aromatic rings. The number of halogens is 3. The highest BCUT2D eigenvalue weighted by Crippen LogP contribution is 2.31. The minimum absolute atomic E-state index is 0.171. The van der Waals surface area contributed by atoms with Gasteiger partial charge in [0, 0.05) is 10.0 Å². The Hall–Kier alpha value is -1.58. The Morgan fingerprint density at radius 3 is 2.25 bits per heavy atom. The fourth-order valence-corrected chi connectivity index (χ4v) is 2.24. The lowest BCUT2D eigenvalue weighted by atomic mass is 10.1. The number of hydrogen-bond donors (Lipinski definition) is 0. The van der Waals surface area contributed by atoms with E-state index in [2.05, 4.69) is 0 Å². The SMILES string of the molecule is CC(=O)c1cc(F)c(C)cc1Oc1cc(Cl)cc(Cl)c1. The summed E-state index contributed by atoms with van der Waals surface area (Å²) in [5, 5.41) is 0.825. The molecule has 0 bridgehead atoms. The van der Waals surface area contributed by atoms with Gasteiger partial charge in [-0.25, -0.2) is 4.39 Å². The molecule has 0 spiro atoms. The topological polar surface area (TPSA) is 26.3 Å². The molecule has 0 radical (unpaired) electrons. The number of carbonyl (C=O) groups excluding carboxylic acids is 1. The van der Waals surface area contributed by atoms with E-state index in [9.17, 15) is 9.18 Å². The number of aryl methyl sites for hydroxylation is 1. The normalized spacial score (nSPS) is 10.4. The van der Waals surface area contributed by atoms with Crippen LogP contribution >= 0.6 is 23.2 Å². The smallest absolute Gasteiger partial charge is 0.163 e. The van der Waals surface area contributed by atoms with Crippen molar-refractivity contribution in [1.82, 2.24) is 0 Å². The van der Waals surface area contributed by atoms with Gasteiger partial charge >= 0.3 is 0 Å². The highest BCUT2D eigenvalue weighted by Gasteiger charge is 2.13. The van der Waals surface area contributed by atoms with Gasteiger partial charge < -0.3 is 4.74 Å². The van der Waals surface area contributed by atoms with E-state index in [0.717, 1.165) is 0 Å². The molecule has 20 heavy (non-hydrogen) atoms. The molecule has 0 heterocycles. The number of hydrogen-bond acceptors (Lipinski definition) is 2. The zero-order chi connectivity index (χ0) is 14.9. The molecule has 0 aliphatic heterocycles. The van der Waals surface area contributed by atoms with Crippen LogP contribution in [0.25, 0.3) is 0 Å². The molecule has 0 saturated carbocycles. The number of carbonyl (C=O) groups is 1. The lowest BCUT2D eigenvalue weighted by molar-refractivity contribution is 0.101. The summed E-state index contributed by atoms with van der Waals surface area (Å²) in [4.78, 5) is 11.6. The van der Waals surface area contributed by atoms with Crippen LogP contribution in [0.3, 0.4) is 0 Å². The molecule has 2 nitrogen and oxygen atoms in total. The minimum Gasteiger partial charge on any atom is -0.456 e. The largest absolute Gasteiger partial charge is 0.456 e. The Labute approximate surface area is 126 Å². The molecule has 2 aromatic carbocycles. The van der Waals surface area contributed by atoms with Gasteiger partial charge in [0.15, 0.2) is 5.78 Å². The van der Waals surface area contributed by atoms with Crippen molar-refractivity contribution in [2.24, 2.45) is 0 Å². The van der Waals surface area contributed by atoms with Crippen LogP contribution in [0.2, 0.25) is 10.0 Å². The summed E-state index contributed by atoms with van der Waals surface area (Å²) in [6.45, 7) is 2.94. The minimum atomic E-state index is -0.452. The zero-order valence-corrected chi connectivity index (χ0v) is 12.3. The predicted molar refractivity (Wildman–Crippen MR) is 77.7 cm³/mol. The van der Waals surface area contributed by atoms with E-state index in [1.807, 2.05) is 0 Å². The Balaban J connectivity index is 2.47. The molecule has 0 unspecified atom stereocenters. The van der Waals surface area contributed by atoms with Crippen LogP contribution in [0.15, 0.2) is 30.3 Å². The number of Topliss-reactive ketones (excluding diaryl/α,β-unsaturated/α-hetero) is 1. The molecule has 0 amide bonds. The molecule has 5 heteroatoms. The number of ketones is 1. The Bertz CT molecular complexity index is 664. The van der Waals surface area contributed by atoms with Crippen molar-refractivity contribution in [3.63, 3.8) is 0 Å². The molecular weight excluding hydrogens is 302 g/mol. The van der Waals surface area contributed by atoms with E-state index < -0.39 is 5.82 Å². The van der Waals surface area contributed by atoms with E-state index in [1.54, 1.807) is 25.1 Å². The monoisotopic (exact) mass is 312 g/mol. The second-order valence-corrected chi connectivity index (χ2v) is 5.23. The van der Waals surface area contributed by atoms with Crippen LogP contribution < -0.4 is 4.74 Å². The summed E-state index contributed by atoms with van der Waals surface area (Å²) in [6, 6.07) is 7.34. The van der Waals surface area contributed by atoms with E-state index in [4.69, 9.17) is 27.9 Å². The quantitative estimate of drug-likeness (QED) is 0.706. The lowest BCUT2D eigenvalue weighted by Gasteiger charge is -2.11. The van der Waals surface area contributed by atoms with Gasteiger partial charge in [-0.2, -0.15) is 0 Å². The molecule has 0 fully saturated rings. The van der Waals surface area contributed by atoms with Crippen LogP contribution in [0.5, 0.6) is 11.5 Å². The Morgan fingerprint density at radius 1 is 1.10 bits per heavy atom. The summed E-state index contributed by atoms with van der Waals surface area (Å²) >= 11 is 11.8. The van der Waals surface area contributed by atoms with Crippen LogP contribution in [-0.2, 0) is 0 Å². The summed E-state index contributed by atoms with van der Waals surface area (Å²) in [5.41, 5.74) is 0.558. The summed E-state index contributed by atoms with van der Waals surface area (Å²) in [5.74, 6) is -0.0792. The highest BCUT2D eigenvalue weighted by molar-refractivity contribution is 6.34. The van der Waals surface area contributed by atoms with Crippen molar-refractivity contribution in [2.45, 2.75) is 13.8 Å². The van der Waals surface area contributed by atoms with Gasteiger partial charge in [-0.1, -0.05) is 23.2 Å². The average molecular weight is 313 g/mol. The maximum atomic E-state index is 13.5. The van der Waals surface area contributed by atoms with Gasteiger partial charge in [0.25, 0.3) is 0 Å². The van der Waals surface area contributed by atoms with Gasteiger partial charge in [-0.3, -0.25) is 4.79 Å². The number of benzene rings is 2. The highest BCUT2D eigenvalue weighted by atomic mass is 35.5. The standard InChI is InChI=1S/C15H11Cl2FO2/c1-8-3-15(13(9(2)19)7-14(8)18)20-12-5-10(16)4-11(17)6-12/h3-7H,1-2H3. The number of rotatable bonds is 3. The predicted octanol–water partition coefficient (Wildman–Crippen LogP) is 5.44. The first-order valence-electron chi connectivity index (χ1n) is 5.82. The summed E-state index contributed by atoms with van der Waals surface area (Å²) in [6.07, 6.45) is 0. The first-order valence-corrected chi connectivity index (χ1v) is 6.57. The van der Waals surface area contributed by atoms with Gasteiger partial charge in [0.2, 0.25) is 0 Å².